The zero-order valence-corrected chi connectivity index (χ0v) is 22.0. The van der Waals surface area contributed by atoms with Crippen molar-refractivity contribution in [2.45, 2.75) is 38.1 Å². The van der Waals surface area contributed by atoms with Crippen LogP contribution in [0.15, 0.2) is 42.5 Å². The molecule has 3 amide bonds. The predicted molar refractivity (Wildman–Crippen MR) is 139 cm³/mol. The Hall–Kier alpha value is -3.28. The summed E-state index contributed by atoms with van der Waals surface area (Å²) >= 11 is 1.46. The zero-order valence-electron chi connectivity index (χ0n) is 19.9. The third-order valence-electron chi connectivity index (χ3n) is 7.73. The van der Waals surface area contributed by atoms with E-state index in [4.69, 9.17) is 3.07 Å². The number of carboxylic acids is 1. The van der Waals surface area contributed by atoms with Gasteiger partial charge in [-0.2, -0.15) is 0 Å². The number of amides is 3. The summed E-state index contributed by atoms with van der Waals surface area (Å²) in [5, 5.41) is 9.76. The molecule has 0 bridgehead atoms. The van der Waals surface area contributed by atoms with Crippen LogP contribution in [0.2, 0.25) is 0 Å². The molecule has 9 nitrogen and oxygen atoms in total. The van der Waals surface area contributed by atoms with E-state index in [0.717, 1.165) is 28.9 Å². The van der Waals surface area contributed by atoms with E-state index in [-0.39, 0.29) is 29.1 Å². The van der Waals surface area contributed by atoms with Crippen LogP contribution in [0.1, 0.15) is 73.9 Å². The minimum atomic E-state index is -0.965. The Morgan fingerprint density at radius 3 is 2.41 bits per heavy atom. The number of benzene rings is 2. The molecule has 3 atom stereocenters. The molecule has 3 aliphatic rings. The molecule has 1 fully saturated rings. The SMILES string of the molecule is O=C(OI)c1ccc2c(c1)C(=O)N(CC1c3ccccc3CCN1C(=O)C1CCCCC1C(=O)O)C2=O. The van der Waals surface area contributed by atoms with Crippen LogP contribution in [0.5, 0.6) is 0 Å². The molecule has 5 rings (SSSR count). The topological polar surface area (TPSA) is 121 Å². The van der Waals surface area contributed by atoms with Gasteiger partial charge in [0.1, 0.15) is 0 Å². The van der Waals surface area contributed by atoms with E-state index in [9.17, 15) is 29.1 Å². The molecular weight excluding hydrogens is 591 g/mol. The minimum absolute atomic E-state index is 0.0639. The van der Waals surface area contributed by atoms with Crippen molar-refractivity contribution in [2.75, 3.05) is 13.1 Å². The summed E-state index contributed by atoms with van der Waals surface area (Å²) in [6, 6.07) is 11.3. The molecule has 2 aromatic rings. The molecule has 192 valence electrons. The number of rotatable bonds is 5. The van der Waals surface area contributed by atoms with Gasteiger partial charge in [-0.3, -0.25) is 24.1 Å². The quantitative estimate of drug-likeness (QED) is 0.401. The van der Waals surface area contributed by atoms with Crippen LogP contribution < -0.4 is 0 Å². The van der Waals surface area contributed by atoms with Crippen LogP contribution in [0.25, 0.3) is 0 Å². The molecule has 0 spiro atoms. The van der Waals surface area contributed by atoms with E-state index in [1.165, 1.54) is 41.2 Å². The largest absolute Gasteiger partial charge is 0.481 e. The smallest absolute Gasteiger partial charge is 0.347 e. The Morgan fingerprint density at radius 1 is 0.973 bits per heavy atom. The second kappa shape index (κ2) is 10.2. The Balaban J connectivity index is 1.48. The van der Waals surface area contributed by atoms with Gasteiger partial charge in [-0.05, 0) is 48.6 Å². The first-order valence-corrected chi connectivity index (χ1v) is 13.1. The van der Waals surface area contributed by atoms with Crippen molar-refractivity contribution >= 4 is 52.7 Å². The van der Waals surface area contributed by atoms with Gasteiger partial charge in [0, 0.05) is 6.54 Å². The van der Waals surface area contributed by atoms with Gasteiger partial charge in [0.2, 0.25) is 5.91 Å². The summed E-state index contributed by atoms with van der Waals surface area (Å²) in [4.78, 5) is 67.1. The van der Waals surface area contributed by atoms with Crippen LogP contribution in [0, 0.1) is 11.8 Å². The second-order valence-electron chi connectivity index (χ2n) is 9.68. The fourth-order valence-corrected chi connectivity index (χ4v) is 6.10. The lowest BCUT2D eigenvalue weighted by Crippen LogP contribution is -2.50. The number of carboxylic acid groups (broad SMARTS) is 1. The van der Waals surface area contributed by atoms with Gasteiger partial charge in [0.05, 0.1) is 41.1 Å². The first-order chi connectivity index (χ1) is 17.8. The number of halogens is 1. The summed E-state index contributed by atoms with van der Waals surface area (Å²) < 4.78 is 4.70. The lowest BCUT2D eigenvalue weighted by atomic mass is 9.77. The van der Waals surface area contributed by atoms with Crippen molar-refractivity contribution in [2.24, 2.45) is 11.8 Å². The average Bonchev–Trinajstić information content (AvgIpc) is 3.16. The van der Waals surface area contributed by atoms with E-state index >= 15 is 0 Å². The van der Waals surface area contributed by atoms with Crippen LogP contribution in [-0.2, 0) is 19.1 Å². The fourth-order valence-electron chi connectivity index (χ4n) is 5.85. The lowest BCUT2D eigenvalue weighted by molar-refractivity contribution is -0.153. The molecule has 37 heavy (non-hydrogen) atoms. The third-order valence-corrected chi connectivity index (χ3v) is 8.13. The monoisotopic (exact) mass is 616 g/mol. The Kier molecular flexibility index (Phi) is 7.02. The summed E-state index contributed by atoms with van der Waals surface area (Å²) in [5.74, 6) is -4.24. The highest BCUT2D eigenvalue weighted by Gasteiger charge is 2.44. The summed E-state index contributed by atoms with van der Waals surface area (Å²) in [5.41, 5.74) is 2.34. The molecule has 3 unspecified atom stereocenters. The van der Waals surface area contributed by atoms with Gasteiger partial charge in [-0.1, -0.05) is 37.1 Å². The number of imide groups is 1. The van der Waals surface area contributed by atoms with Gasteiger partial charge in [-0.15, -0.1) is 0 Å². The van der Waals surface area contributed by atoms with Crippen molar-refractivity contribution in [3.63, 3.8) is 0 Å². The van der Waals surface area contributed by atoms with Gasteiger partial charge < -0.3 is 13.1 Å². The number of aliphatic carboxylic acids is 1. The van der Waals surface area contributed by atoms with E-state index in [1.54, 1.807) is 4.90 Å². The molecule has 2 aromatic carbocycles. The van der Waals surface area contributed by atoms with Crippen LogP contribution >= 0.6 is 23.0 Å². The number of carbonyl (C=O) groups is 5. The second-order valence-corrected chi connectivity index (χ2v) is 10.1. The van der Waals surface area contributed by atoms with Gasteiger partial charge in [0.15, 0.2) is 23.0 Å². The van der Waals surface area contributed by atoms with Gasteiger partial charge in [-0.25, -0.2) is 4.79 Å². The Bertz CT molecular complexity index is 1310. The standard InChI is InChI=1S/C27H25IN2O7/c28-37-27(36)16-9-10-19-21(13-16)25(33)30(24(19)32)14-22-17-6-2-1-5-15(17)11-12-29(22)23(31)18-7-3-4-8-20(18)26(34)35/h1-2,5-6,9-10,13,18,20,22H,3-4,7-8,11-12,14H2,(H,34,35). The van der Waals surface area contributed by atoms with Crippen molar-refractivity contribution in [3.05, 3.63) is 70.3 Å². The highest BCUT2D eigenvalue weighted by atomic mass is 127. The third kappa shape index (κ3) is 4.51. The summed E-state index contributed by atoms with van der Waals surface area (Å²) in [6.45, 7) is 0.309. The molecule has 1 N–H and O–H groups in total. The molecule has 0 saturated heterocycles. The van der Waals surface area contributed by atoms with E-state index in [1.807, 2.05) is 24.3 Å². The summed E-state index contributed by atoms with van der Waals surface area (Å²) in [7, 11) is 0. The maximum Gasteiger partial charge on any atom is 0.347 e. The number of fused-ring (bicyclic) bond motifs is 2. The van der Waals surface area contributed by atoms with Crippen molar-refractivity contribution < 1.29 is 32.1 Å². The van der Waals surface area contributed by atoms with Crippen LogP contribution in [0.3, 0.4) is 0 Å². The molecule has 1 saturated carbocycles. The van der Waals surface area contributed by atoms with Crippen LogP contribution in [0.4, 0.5) is 0 Å². The molecule has 2 aliphatic heterocycles. The van der Waals surface area contributed by atoms with E-state index < -0.39 is 41.6 Å². The maximum atomic E-state index is 13.8. The molecule has 10 heteroatoms. The van der Waals surface area contributed by atoms with Crippen molar-refractivity contribution in [1.82, 2.24) is 9.80 Å². The van der Waals surface area contributed by atoms with Crippen LogP contribution in [-0.4, -0.2) is 57.7 Å². The normalized spacial score (nSPS) is 22.9. The Labute approximate surface area is 227 Å². The zero-order chi connectivity index (χ0) is 26.3. The highest BCUT2D eigenvalue weighted by Crippen LogP contribution is 2.38. The number of hydrogen-bond acceptors (Lipinski definition) is 6. The highest BCUT2D eigenvalue weighted by molar-refractivity contribution is 14.1. The molecule has 2 heterocycles. The molecule has 0 aromatic heterocycles. The number of nitrogens with zero attached hydrogens (tertiary/aromatic N) is 2. The first-order valence-electron chi connectivity index (χ1n) is 12.3. The summed E-state index contributed by atoms with van der Waals surface area (Å²) in [6.07, 6.45) is 3.13. The van der Waals surface area contributed by atoms with E-state index in [0.29, 0.717) is 25.8 Å². The van der Waals surface area contributed by atoms with Crippen molar-refractivity contribution in [3.8, 4) is 0 Å². The van der Waals surface area contributed by atoms with Gasteiger partial charge >= 0.3 is 11.9 Å². The lowest BCUT2D eigenvalue weighted by Gasteiger charge is -2.42. The maximum absolute atomic E-state index is 13.8. The molecular formula is C27H25IN2O7. The average molecular weight is 616 g/mol. The Morgan fingerprint density at radius 2 is 1.68 bits per heavy atom. The fraction of sp³-hybridized carbons (Fsp3) is 0.370. The number of hydrogen-bond donors (Lipinski definition) is 1. The molecule has 0 radical (unpaired) electrons. The number of carbonyl (C=O) groups excluding carboxylic acids is 4. The first kappa shape index (κ1) is 25.4. The predicted octanol–water partition coefficient (Wildman–Crippen LogP) is 3.81. The van der Waals surface area contributed by atoms with Gasteiger partial charge in [0.25, 0.3) is 11.8 Å². The van der Waals surface area contributed by atoms with E-state index in [2.05, 4.69) is 0 Å². The molecule has 1 aliphatic carbocycles. The minimum Gasteiger partial charge on any atom is -0.481 e. The van der Waals surface area contributed by atoms with Crippen molar-refractivity contribution in [1.29, 1.82) is 0 Å².